The zero-order valence-corrected chi connectivity index (χ0v) is 9.59. The van der Waals surface area contributed by atoms with E-state index in [0.717, 1.165) is 6.54 Å². The maximum Gasteiger partial charge on any atom is 0.241 e. The van der Waals surface area contributed by atoms with Crippen LogP contribution in [-0.2, 0) is 4.79 Å². The lowest BCUT2D eigenvalue weighted by Gasteiger charge is -2.34. The molecule has 2 heterocycles. The van der Waals surface area contributed by atoms with Crippen LogP contribution in [0.4, 0.5) is 5.82 Å². The van der Waals surface area contributed by atoms with E-state index in [9.17, 15) is 4.79 Å². The molecular weight excluding hydrogens is 222 g/mol. The fourth-order valence-electron chi connectivity index (χ4n) is 1.83. The highest BCUT2D eigenvalue weighted by atomic mass is 16.5. The molecule has 0 saturated carbocycles. The summed E-state index contributed by atoms with van der Waals surface area (Å²) in [5.74, 6) is 0.758. The van der Waals surface area contributed by atoms with Crippen LogP contribution < -0.4 is 20.7 Å². The van der Waals surface area contributed by atoms with E-state index in [-0.39, 0.29) is 11.9 Å². The number of hydrogen-bond acceptors (Lipinski definition) is 6. The molecule has 3 N–H and O–H groups in total. The minimum Gasteiger partial charge on any atom is -0.481 e. The maximum absolute atomic E-state index is 11.4. The molecule has 1 fully saturated rings. The predicted molar refractivity (Wildman–Crippen MR) is 61.8 cm³/mol. The molecule has 7 nitrogen and oxygen atoms in total. The molecule has 1 aromatic heterocycles. The first-order valence-electron chi connectivity index (χ1n) is 5.35. The number of aromatic nitrogens is 2. The molecule has 0 radical (unpaired) electrons. The Morgan fingerprint density at radius 2 is 2.47 bits per heavy atom. The van der Waals surface area contributed by atoms with Gasteiger partial charge in [-0.25, -0.2) is 9.97 Å². The van der Waals surface area contributed by atoms with E-state index in [1.165, 1.54) is 13.4 Å². The number of rotatable bonds is 3. The highest BCUT2D eigenvalue weighted by molar-refractivity contribution is 5.83. The van der Waals surface area contributed by atoms with Gasteiger partial charge < -0.3 is 20.7 Å². The minimum absolute atomic E-state index is 0.366. The largest absolute Gasteiger partial charge is 0.481 e. The van der Waals surface area contributed by atoms with E-state index in [4.69, 9.17) is 10.5 Å². The Kier molecular flexibility index (Phi) is 3.38. The van der Waals surface area contributed by atoms with Crippen molar-refractivity contribution in [1.29, 1.82) is 0 Å². The number of methoxy groups -OCH3 is 1. The van der Waals surface area contributed by atoms with E-state index in [1.54, 1.807) is 6.07 Å². The fraction of sp³-hybridized carbons (Fsp3) is 0.500. The van der Waals surface area contributed by atoms with Crippen molar-refractivity contribution in [2.45, 2.75) is 6.04 Å². The number of nitrogens with one attached hydrogen (secondary N) is 1. The van der Waals surface area contributed by atoms with Gasteiger partial charge in [0.2, 0.25) is 11.8 Å². The third-order valence-electron chi connectivity index (χ3n) is 2.70. The van der Waals surface area contributed by atoms with Crippen molar-refractivity contribution in [3.8, 4) is 5.88 Å². The number of hydrogen-bond donors (Lipinski definition) is 2. The molecule has 2 rings (SSSR count). The normalized spacial score (nSPS) is 20.1. The second-order valence-corrected chi connectivity index (χ2v) is 3.73. The monoisotopic (exact) mass is 237 g/mol. The van der Waals surface area contributed by atoms with Gasteiger partial charge in [-0.05, 0) is 0 Å². The summed E-state index contributed by atoms with van der Waals surface area (Å²) in [6.07, 6.45) is 1.41. The van der Waals surface area contributed by atoms with E-state index in [2.05, 4.69) is 15.3 Å². The first kappa shape index (κ1) is 11.6. The SMILES string of the molecule is COc1cc(N2CCNCC2C(N)=O)ncn1. The molecule has 1 atom stereocenters. The molecule has 1 aliphatic heterocycles. The molecule has 1 aliphatic rings. The quantitative estimate of drug-likeness (QED) is 0.682. The molecular formula is C10H15N5O2. The summed E-state index contributed by atoms with van der Waals surface area (Å²) >= 11 is 0. The number of nitrogens with zero attached hydrogens (tertiary/aromatic N) is 3. The van der Waals surface area contributed by atoms with E-state index >= 15 is 0 Å². The van der Waals surface area contributed by atoms with Crippen LogP contribution in [-0.4, -0.2) is 48.7 Å². The topological polar surface area (TPSA) is 93.4 Å². The number of piperazine rings is 1. The Morgan fingerprint density at radius 3 is 3.18 bits per heavy atom. The van der Waals surface area contributed by atoms with Crippen LogP contribution in [0.25, 0.3) is 0 Å². The standard InChI is InChI=1S/C10H15N5O2/c1-17-9-4-8(13-6-14-9)15-3-2-12-5-7(15)10(11)16/h4,6-7,12H,2-3,5H2,1H3,(H2,11,16). The third kappa shape index (κ3) is 2.44. The van der Waals surface area contributed by atoms with Crippen molar-refractivity contribution in [1.82, 2.24) is 15.3 Å². The zero-order chi connectivity index (χ0) is 12.3. The average Bonchev–Trinajstić information content (AvgIpc) is 2.39. The molecule has 17 heavy (non-hydrogen) atoms. The van der Waals surface area contributed by atoms with Crippen molar-refractivity contribution < 1.29 is 9.53 Å². The molecule has 1 aromatic rings. The van der Waals surface area contributed by atoms with Crippen molar-refractivity contribution in [2.24, 2.45) is 5.73 Å². The van der Waals surface area contributed by atoms with Crippen LogP contribution >= 0.6 is 0 Å². The van der Waals surface area contributed by atoms with Crippen LogP contribution in [0, 0.1) is 0 Å². The molecule has 0 aromatic carbocycles. The maximum atomic E-state index is 11.4. The third-order valence-corrected chi connectivity index (χ3v) is 2.70. The summed E-state index contributed by atoms with van der Waals surface area (Å²) in [7, 11) is 1.54. The molecule has 92 valence electrons. The van der Waals surface area contributed by atoms with Crippen molar-refractivity contribution in [2.75, 3.05) is 31.6 Å². The summed E-state index contributed by atoms with van der Waals surface area (Å²) in [4.78, 5) is 21.3. The van der Waals surface area contributed by atoms with Crippen LogP contribution in [0.2, 0.25) is 0 Å². The lowest BCUT2D eigenvalue weighted by molar-refractivity contribution is -0.119. The summed E-state index contributed by atoms with van der Waals surface area (Å²) in [6, 6.07) is 1.31. The molecule has 1 amide bonds. The van der Waals surface area contributed by atoms with Crippen LogP contribution in [0.3, 0.4) is 0 Å². The van der Waals surface area contributed by atoms with Gasteiger partial charge in [0, 0.05) is 25.7 Å². The van der Waals surface area contributed by atoms with Crippen LogP contribution in [0.1, 0.15) is 0 Å². The summed E-state index contributed by atoms with van der Waals surface area (Å²) in [5, 5.41) is 3.13. The van der Waals surface area contributed by atoms with E-state index in [0.29, 0.717) is 24.8 Å². The Hall–Kier alpha value is -1.89. The van der Waals surface area contributed by atoms with Crippen molar-refractivity contribution in [3.05, 3.63) is 12.4 Å². The fourth-order valence-corrected chi connectivity index (χ4v) is 1.83. The smallest absolute Gasteiger partial charge is 0.241 e. The number of primary amides is 1. The van der Waals surface area contributed by atoms with Crippen LogP contribution in [0.5, 0.6) is 5.88 Å². The Morgan fingerprint density at radius 1 is 1.65 bits per heavy atom. The van der Waals surface area contributed by atoms with Gasteiger partial charge in [-0.1, -0.05) is 0 Å². The summed E-state index contributed by atoms with van der Waals surface area (Å²) in [6.45, 7) is 1.99. The molecule has 0 bridgehead atoms. The molecule has 7 heteroatoms. The zero-order valence-electron chi connectivity index (χ0n) is 9.59. The van der Waals surface area contributed by atoms with Gasteiger partial charge in [-0.15, -0.1) is 0 Å². The van der Waals surface area contributed by atoms with Gasteiger partial charge in [0.25, 0.3) is 0 Å². The second kappa shape index (κ2) is 4.96. The number of carbonyl (C=O) groups is 1. The average molecular weight is 237 g/mol. The lowest BCUT2D eigenvalue weighted by Crippen LogP contribution is -2.57. The Balaban J connectivity index is 2.26. The lowest BCUT2D eigenvalue weighted by atomic mass is 10.2. The highest BCUT2D eigenvalue weighted by Gasteiger charge is 2.27. The number of anilines is 1. The van der Waals surface area contributed by atoms with Gasteiger partial charge in [-0.2, -0.15) is 0 Å². The van der Waals surface area contributed by atoms with Crippen LogP contribution in [0.15, 0.2) is 12.4 Å². The number of ether oxygens (including phenoxy) is 1. The number of amides is 1. The molecule has 1 saturated heterocycles. The molecule has 0 spiro atoms. The summed E-state index contributed by atoms with van der Waals surface area (Å²) < 4.78 is 5.03. The van der Waals surface area contributed by atoms with Crippen molar-refractivity contribution in [3.63, 3.8) is 0 Å². The molecule has 0 aliphatic carbocycles. The number of nitrogens with two attached hydrogens (primary N) is 1. The molecule has 1 unspecified atom stereocenters. The minimum atomic E-state index is -0.386. The summed E-state index contributed by atoms with van der Waals surface area (Å²) in [5.41, 5.74) is 5.37. The van der Waals surface area contributed by atoms with Gasteiger partial charge in [0.05, 0.1) is 7.11 Å². The Labute approximate surface area is 99.0 Å². The first-order valence-corrected chi connectivity index (χ1v) is 5.35. The van der Waals surface area contributed by atoms with Gasteiger partial charge in [0.1, 0.15) is 18.2 Å². The second-order valence-electron chi connectivity index (χ2n) is 3.73. The highest BCUT2D eigenvalue weighted by Crippen LogP contribution is 2.18. The number of carbonyl (C=O) groups excluding carboxylic acids is 1. The Bertz CT molecular complexity index is 411. The van der Waals surface area contributed by atoms with Gasteiger partial charge >= 0.3 is 0 Å². The van der Waals surface area contributed by atoms with Crippen molar-refractivity contribution >= 4 is 11.7 Å². The predicted octanol–water partition coefficient (Wildman–Crippen LogP) is -1.25. The van der Waals surface area contributed by atoms with Gasteiger partial charge in [0.15, 0.2) is 0 Å². The first-order chi connectivity index (χ1) is 8.22. The van der Waals surface area contributed by atoms with E-state index < -0.39 is 0 Å². The van der Waals surface area contributed by atoms with E-state index in [1.807, 2.05) is 4.90 Å². The van der Waals surface area contributed by atoms with Gasteiger partial charge in [-0.3, -0.25) is 4.79 Å².